The highest BCUT2D eigenvalue weighted by molar-refractivity contribution is 7.04. The van der Waals surface area contributed by atoms with Gasteiger partial charge in [-0.2, -0.15) is 0 Å². The second kappa shape index (κ2) is 3.54. The quantitative estimate of drug-likeness (QED) is 0.690. The van der Waals surface area contributed by atoms with E-state index >= 15 is 0 Å². The molecular formula is C9H4F3NOS. The van der Waals surface area contributed by atoms with E-state index in [1.165, 1.54) is 11.4 Å². The van der Waals surface area contributed by atoms with Gasteiger partial charge in [-0.15, -0.1) is 0 Å². The van der Waals surface area contributed by atoms with Crippen molar-refractivity contribution in [2.24, 2.45) is 0 Å². The highest BCUT2D eigenvalue weighted by atomic mass is 32.1. The lowest BCUT2D eigenvalue weighted by molar-refractivity contribution is 0.445. The van der Waals surface area contributed by atoms with E-state index in [0.717, 1.165) is 27.6 Å². The van der Waals surface area contributed by atoms with Crippen LogP contribution in [0, 0.1) is 17.5 Å². The van der Waals surface area contributed by atoms with Crippen molar-refractivity contribution < 1.29 is 13.2 Å². The lowest BCUT2D eigenvalue weighted by Crippen LogP contribution is -2.12. The molecule has 78 valence electrons. The third kappa shape index (κ3) is 1.56. The molecule has 0 atom stereocenters. The predicted molar refractivity (Wildman–Crippen MR) is 49.8 cm³/mol. The van der Waals surface area contributed by atoms with Crippen LogP contribution in [0.3, 0.4) is 0 Å². The average Bonchev–Trinajstić information content (AvgIpc) is 2.62. The molecule has 0 unspecified atom stereocenters. The van der Waals surface area contributed by atoms with Crippen LogP contribution in [0.5, 0.6) is 0 Å². The maximum absolute atomic E-state index is 13.2. The van der Waals surface area contributed by atoms with E-state index in [2.05, 4.69) is 0 Å². The minimum Gasteiger partial charge on any atom is -0.268 e. The lowest BCUT2D eigenvalue weighted by atomic mass is 10.3. The fourth-order valence-corrected chi connectivity index (χ4v) is 1.84. The Labute approximate surface area is 86.4 Å². The highest BCUT2D eigenvalue weighted by Gasteiger charge is 2.15. The monoisotopic (exact) mass is 231 g/mol. The third-order valence-corrected chi connectivity index (χ3v) is 2.66. The first-order chi connectivity index (χ1) is 7.11. The van der Waals surface area contributed by atoms with Crippen molar-refractivity contribution in [1.82, 2.24) is 3.96 Å². The third-order valence-electron chi connectivity index (χ3n) is 1.81. The van der Waals surface area contributed by atoms with E-state index in [9.17, 15) is 18.0 Å². The van der Waals surface area contributed by atoms with Gasteiger partial charge >= 0.3 is 0 Å². The Morgan fingerprint density at radius 1 is 1.07 bits per heavy atom. The van der Waals surface area contributed by atoms with Crippen molar-refractivity contribution in [2.75, 3.05) is 0 Å². The molecule has 0 bridgehead atoms. The number of hydrogen-bond acceptors (Lipinski definition) is 2. The zero-order chi connectivity index (χ0) is 11.0. The Bertz CT molecular complexity index is 561. The number of benzene rings is 1. The molecule has 6 heteroatoms. The van der Waals surface area contributed by atoms with Crippen molar-refractivity contribution in [3.8, 4) is 5.69 Å². The Kier molecular flexibility index (Phi) is 2.36. The van der Waals surface area contributed by atoms with Crippen LogP contribution in [0.25, 0.3) is 5.69 Å². The molecule has 0 saturated heterocycles. The molecule has 2 nitrogen and oxygen atoms in total. The first-order valence-electron chi connectivity index (χ1n) is 3.92. The Morgan fingerprint density at radius 2 is 1.80 bits per heavy atom. The van der Waals surface area contributed by atoms with Gasteiger partial charge in [0.05, 0.1) is 5.69 Å². The molecule has 1 aromatic heterocycles. The van der Waals surface area contributed by atoms with Gasteiger partial charge in [-0.25, -0.2) is 17.1 Å². The Balaban J connectivity index is 2.70. The van der Waals surface area contributed by atoms with Crippen LogP contribution in [-0.2, 0) is 0 Å². The maximum atomic E-state index is 13.2. The normalized spacial score (nSPS) is 10.6. The fraction of sp³-hybridized carbons (Fsp3) is 0. The molecule has 0 spiro atoms. The molecule has 2 aromatic rings. The van der Waals surface area contributed by atoms with Crippen molar-refractivity contribution in [2.45, 2.75) is 0 Å². The van der Waals surface area contributed by atoms with Crippen molar-refractivity contribution in [3.05, 3.63) is 51.4 Å². The van der Waals surface area contributed by atoms with E-state index in [-0.39, 0.29) is 5.69 Å². The van der Waals surface area contributed by atoms with Crippen molar-refractivity contribution >= 4 is 11.5 Å². The summed E-state index contributed by atoms with van der Waals surface area (Å²) in [5.74, 6) is -4.21. The largest absolute Gasteiger partial charge is 0.268 e. The first kappa shape index (κ1) is 9.97. The molecule has 1 heterocycles. The summed E-state index contributed by atoms with van der Waals surface area (Å²) in [7, 11) is 0. The summed E-state index contributed by atoms with van der Waals surface area (Å²) in [6.45, 7) is 0. The number of rotatable bonds is 1. The van der Waals surface area contributed by atoms with Gasteiger partial charge in [-0.05, 0) is 12.1 Å². The van der Waals surface area contributed by atoms with Gasteiger partial charge in [-0.1, -0.05) is 11.5 Å². The van der Waals surface area contributed by atoms with E-state index in [4.69, 9.17) is 0 Å². The number of nitrogens with zero attached hydrogens (tertiary/aromatic N) is 1. The fourth-order valence-electron chi connectivity index (χ4n) is 1.12. The van der Waals surface area contributed by atoms with Crippen molar-refractivity contribution in [1.29, 1.82) is 0 Å². The van der Waals surface area contributed by atoms with Crippen LogP contribution < -0.4 is 5.56 Å². The highest BCUT2D eigenvalue weighted by Crippen LogP contribution is 2.18. The SMILES string of the molecule is O=c1ccsn1-c1ccc(F)c(F)c1F. The van der Waals surface area contributed by atoms with Crippen LogP contribution in [-0.4, -0.2) is 3.96 Å². The van der Waals surface area contributed by atoms with Gasteiger partial charge in [0.25, 0.3) is 5.56 Å². The Hall–Kier alpha value is -1.56. The lowest BCUT2D eigenvalue weighted by Gasteiger charge is -2.03. The molecule has 0 aliphatic heterocycles. The molecule has 1 aromatic carbocycles. The first-order valence-corrected chi connectivity index (χ1v) is 4.76. The summed E-state index contributed by atoms with van der Waals surface area (Å²) in [5.41, 5.74) is -0.765. The summed E-state index contributed by atoms with van der Waals surface area (Å²) in [6, 6.07) is 3.01. The van der Waals surface area contributed by atoms with Crippen LogP contribution >= 0.6 is 11.5 Å². The molecule has 0 aliphatic carbocycles. The molecule has 2 rings (SSSR count). The van der Waals surface area contributed by atoms with E-state index in [0.29, 0.717) is 0 Å². The van der Waals surface area contributed by atoms with Gasteiger partial charge < -0.3 is 0 Å². The van der Waals surface area contributed by atoms with E-state index in [1.54, 1.807) is 0 Å². The Morgan fingerprint density at radius 3 is 2.40 bits per heavy atom. The summed E-state index contributed by atoms with van der Waals surface area (Å²) < 4.78 is 39.6. The molecule has 0 fully saturated rings. The zero-order valence-electron chi connectivity index (χ0n) is 7.21. The molecule has 0 N–H and O–H groups in total. The van der Waals surface area contributed by atoms with E-state index in [1.807, 2.05) is 0 Å². The van der Waals surface area contributed by atoms with Gasteiger partial charge in [0, 0.05) is 11.4 Å². The molecule has 0 saturated carbocycles. The average molecular weight is 231 g/mol. The second-order valence-corrected chi connectivity index (χ2v) is 3.58. The van der Waals surface area contributed by atoms with Crippen LogP contribution in [0.4, 0.5) is 13.2 Å². The standard InChI is InChI=1S/C9H4F3NOS/c10-5-1-2-6(9(12)8(5)11)13-7(14)3-4-15-13/h1-4H. The smallest absolute Gasteiger partial charge is 0.265 e. The molecule has 0 amide bonds. The maximum Gasteiger partial charge on any atom is 0.265 e. The summed E-state index contributed by atoms with van der Waals surface area (Å²) in [6.07, 6.45) is 0. The summed E-state index contributed by atoms with van der Waals surface area (Å²) >= 11 is 0.906. The number of hydrogen-bond donors (Lipinski definition) is 0. The van der Waals surface area contributed by atoms with Gasteiger partial charge in [0.15, 0.2) is 17.5 Å². The minimum absolute atomic E-state index is 0.283. The van der Waals surface area contributed by atoms with E-state index < -0.39 is 23.0 Å². The molecule has 0 radical (unpaired) electrons. The molecule has 0 aliphatic rings. The van der Waals surface area contributed by atoms with Crippen LogP contribution in [0.2, 0.25) is 0 Å². The van der Waals surface area contributed by atoms with Gasteiger partial charge in [0.2, 0.25) is 0 Å². The number of aromatic nitrogens is 1. The molecular weight excluding hydrogens is 227 g/mol. The van der Waals surface area contributed by atoms with Gasteiger partial charge in [-0.3, -0.25) is 4.79 Å². The predicted octanol–water partition coefficient (Wildman–Crippen LogP) is 2.32. The van der Waals surface area contributed by atoms with Crippen molar-refractivity contribution in [3.63, 3.8) is 0 Å². The number of halogens is 3. The topological polar surface area (TPSA) is 22.0 Å². The summed E-state index contributed by atoms with van der Waals surface area (Å²) in [5, 5.41) is 1.43. The zero-order valence-corrected chi connectivity index (χ0v) is 8.02. The second-order valence-electron chi connectivity index (χ2n) is 2.74. The summed E-state index contributed by atoms with van der Waals surface area (Å²) in [4.78, 5) is 11.2. The van der Waals surface area contributed by atoms with Gasteiger partial charge in [0.1, 0.15) is 0 Å². The minimum atomic E-state index is -1.58. The van der Waals surface area contributed by atoms with Crippen LogP contribution in [0.1, 0.15) is 0 Å². The molecule has 15 heavy (non-hydrogen) atoms. The van der Waals surface area contributed by atoms with Crippen LogP contribution in [0.15, 0.2) is 28.4 Å².